The summed E-state index contributed by atoms with van der Waals surface area (Å²) in [5, 5.41) is 3.09. The molecular formula is C13H10BrClN2O2. The summed E-state index contributed by atoms with van der Waals surface area (Å²) in [6.07, 6.45) is 3.10. The Labute approximate surface area is 123 Å². The van der Waals surface area contributed by atoms with E-state index in [9.17, 15) is 4.79 Å². The van der Waals surface area contributed by atoms with Crippen molar-refractivity contribution in [1.82, 2.24) is 4.98 Å². The van der Waals surface area contributed by atoms with Crippen LogP contribution >= 0.6 is 27.5 Å². The lowest BCUT2D eigenvalue weighted by molar-refractivity contribution is 0.102. The topological polar surface area (TPSA) is 51.2 Å². The molecule has 0 radical (unpaired) electrons. The molecule has 1 heterocycles. The Bertz CT molecular complexity index is 619. The van der Waals surface area contributed by atoms with E-state index >= 15 is 0 Å². The van der Waals surface area contributed by atoms with E-state index in [1.54, 1.807) is 30.5 Å². The number of rotatable bonds is 3. The van der Waals surface area contributed by atoms with Crippen LogP contribution in [0.4, 0.5) is 5.69 Å². The first-order valence-electron chi connectivity index (χ1n) is 5.36. The number of anilines is 1. The number of halogens is 2. The van der Waals surface area contributed by atoms with Gasteiger partial charge in [0.2, 0.25) is 0 Å². The van der Waals surface area contributed by atoms with Crippen molar-refractivity contribution in [1.29, 1.82) is 0 Å². The van der Waals surface area contributed by atoms with Gasteiger partial charge in [-0.05, 0) is 18.2 Å². The van der Waals surface area contributed by atoms with Gasteiger partial charge in [-0.1, -0.05) is 27.5 Å². The lowest BCUT2D eigenvalue weighted by Gasteiger charge is -2.10. The van der Waals surface area contributed by atoms with Crippen molar-refractivity contribution in [3.05, 3.63) is 51.7 Å². The molecule has 0 fully saturated rings. The quantitative estimate of drug-likeness (QED) is 0.925. The summed E-state index contributed by atoms with van der Waals surface area (Å²) in [6.45, 7) is 0. The number of hydrogen-bond donors (Lipinski definition) is 1. The molecule has 0 spiro atoms. The molecule has 1 N–H and O–H groups in total. The fraction of sp³-hybridized carbons (Fsp3) is 0.0769. The lowest BCUT2D eigenvalue weighted by atomic mass is 10.2. The van der Waals surface area contributed by atoms with Crippen LogP contribution in [-0.2, 0) is 0 Å². The molecule has 0 aliphatic heterocycles. The van der Waals surface area contributed by atoms with Crippen molar-refractivity contribution in [3.8, 4) is 5.75 Å². The van der Waals surface area contributed by atoms with Crippen molar-refractivity contribution in [2.45, 2.75) is 0 Å². The Hall–Kier alpha value is -1.59. The van der Waals surface area contributed by atoms with Crippen molar-refractivity contribution >= 4 is 39.1 Å². The van der Waals surface area contributed by atoms with Crippen LogP contribution in [0.3, 0.4) is 0 Å². The number of methoxy groups -OCH3 is 1. The second kappa shape index (κ2) is 6.04. The Morgan fingerprint density at radius 2 is 2.21 bits per heavy atom. The van der Waals surface area contributed by atoms with Gasteiger partial charge in [-0.15, -0.1) is 0 Å². The molecule has 0 aliphatic rings. The molecule has 6 heteroatoms. The number of carbonyl (C=O) groups is 1. The van der Waals surface area contributed by atoms with Crippen molar-refractivity contribution < 1.29 is 9.53 Å². The van der Waals surface area contributed by atoms with E-state index in [0.717, 1.165) is 4.47 Å². The molecule has 0 atom stereocenters. The van der Waals surface area contributed by atoms with Crippen LogP contribution in [-0.4, -0.2) is 18.0 Å². The highest BCUT2D eigenvalue weighted by atomic mass is 79.9. The maximum Gasteiger partial charge on any atom is 0.257 e. The average Bonchev–Trinajstić information content (AvgIpc) is 2.42. The van der Waals surface area contributed by atoms with Gasteiger partial charge in [0.15, 0.2) is 0 Å². The molecule has 0 saturated heterocycles. The number of nitrogens with zero attached hydrogens (tertiary/aromatic N) is 1. The summed E-state index contributed by atoms with van der Waals surface area (Å²) in [7, 11) is 1.52. The third-order valence-electron chi connectivity index (χ3n) is 2.42. The van der Waals surface area contributed by atoms with Crippen LogP contribution < -0.4 is 10.1 Å². The molecule has 4 nitrogen and oxygen atoms in total. The SMILES string of the molecule is COc1ccncc1NC(=O)c1cc(Br)ccc1Cl. The zero-order valence-electron chi connectivity index (χ0n) is 9.98. The van der Waals surface area contributed by atoms with Crippen LogP contribution in [0.5, 0.6) is 5.75 Å². The van der Waals surface area contributed by atoms with Crippen LogP contribution in [0.2, 0.25) is 5.02 Å². The molecule has 0 aliphatic carbocycles. The number of pyridine rings is 1. The third kappa shape index (κ3) is 3.24. The van der Waals surface area contributed by atoms with E-state index in [4.69, 9.17) is 16.3 Å². The average molecular weight is 342 g/mol. The molecule has 1 aromatic heterocycles. The van der Waals surface area contributed by atoms with Crippen LogP contribution in [0.25, 0.3) is 0 Å². The smallest absolute Gasteiger partial charge is 0.257 e. The number of nitrogens with one attached hydrogen (secondary N) is 1. The summed E-state index contributed by atoms with van der Waals surface area (Å²) in [6, 6.07) is 6.74. The number of carbonyl (C=O) groups excluding carboxylic acids is 1. The van der Waals surface area contributed by atoms with E-state index in [0.29, 0.717) is 22.0 Å². The highest BCUT2D eigenvalue weighted by Gasteiger charge is 2.13. The van der Waals surface area contributed by atoms with Crippen molar-refractivity contribution in [3.63, 3.8) is 0 Å². The predicted octanol–water partition coefficient (Wildman–Crippen LogP) is 3.76. The summed E-state index contributed by atoms with van der Waals surface area (Å²) in [5.74, 6) is 0.215. The second-order valence-electron chi connectivity index (χ2n) is 3.65. The first-order chi connectivity index (χ1) is 9.11. The standard InChI is InChI=1S/C13H10BrClN2O2/c1-19-12-4-5-16-7-11(12)17-13(18)9-6-8(14)2-3-10(9)15/h2-7H,1H3,(H,17,18). The van der Waals surface area contributed by atoms with E-state index in [-0.39, 0.29) is 5.91 Å². The van der Waals surface area contributed by atoms with E-state index < -0.39 is 0 Å². The Morgan fingerprint density at radius 1 is 1.42 bits per heavy atom. The molecule has 0 unspecified atom stereocenters. The molecule has 1 amide bonds. The van der Waals surface area contributed by atoms with Gasteiger partial charge >= 0.3 is 0 Å². The summed E-state index contributed by atoms with van der Waals surface area (Å²) >= 11 is 9.30. The van der Waals surface area contributed by atoms with E-state index in [2.05, 4.69) is 26.2 Å². The van der Waals surface area contributed by atoms with Crippen LogP contribution in [0, 0.1) is 0 Å². The van der Waals surface area contributed by atoms with Crippen molar-refractivity contribution in [2.24, 2.45) is 0 Å². The minimum Gasteiger partial charge on any atom is -0.494 e. The minimum atomic E-state index is -0.322. The monoisotopic (exact) mass is 340 g/mol. The second-order valence-corrected chi connectivity index (χ2v) is 4.98. The van der Waals surface area contributed by atoms with Crippen LogP contribution in [0.1, 0.15) is 10.4 Å². The molecule has 2 rings (SSSR count). The molecule has 0 bridgehead atoms. The number of hydrogen-bond acceptors (Lipinski definition) is 3. The van der Waals surface area contributed by atoms with Gasteiger partial charge in [0.25, 0.3) is 5.91 Å². The Kier molecular flexibility index (Phi) is 4.39. The summed E-state index contributed by atoms with van der Waals surface area (Å²) in [4.78, 5) is 16.1. The molecule has 1 aromatic carbocycles. The highest BCUT2D eigenvalue weighted by Crippen LogP contribution is 2.25. The first-order valence-corrected chi connectivity index (χ1v) is 6.53. The molecule has 0 saturated carbocycles. The minimum absolute atomic E-state index is 0.322. The predicted molar refractivity (Wildman–Crippen MR) is 77.9 cm³/mol. The number of benzene rings is 1. The summed E-state index contributed by atoms with van der Waals surface area (Å²) in [5.41, 5.74) is 0.869. The van der Waals surface area contributed by atoms with Gasteiger partial charge < -0.3 is 10.1 Å². The van der Waals surface area contributed by atoms with Gasteiger partial charge in [-0.25, -0.2) is 0 Å². The van der Waals surface area contributed by atoms with Crippen LogP contribution in [0.15, 0.2) is 41.1 Å². The van der Waals surface area contributed by atoms with E-state index in [1.165, 1.54) is 13.3 Å². The molecular weight excluding hydrogens is 332 g/mol. The Balaban J connectivity index is 2.28. The fourth-order valence-corrected chi connectivity index (χ4v) is 2.08. The zero-order chi connectivity index (χ0) is 13.8. The third-order valence-corrected chi connectivity index (χ3v) is 3.25. The summed E-state index contributed by atoms with van der Waals surface area (Å²) < 4.78 is 5.92. The number of aromatic nitrogens is 1. The molecule has 98 valence electrons. The largest absolute Gasteiger partial charge is 0.494 e. The van der Waals surface area contributed by atoms with Gasteiger partial charge in [0.05, 0.1) is 23.9 Å². The molecule has 2 aromatic rings. The van der Waals surface area contributed by atoms with Gasteiger partial charge in [-0.2, -0.15) is 0 Å². The van der Waals surface area contributed by atoms with Gasteiger partial charge in [0.1, 0.15) is 11.4 Å². The molecule has 19 heavy (non-hydrogen) atoms. The van der Waals surface area contributed by atoms with Gasteiger partial charge in [0, 0.05) is 16.7 Å². The number of ether oxygens (including phenoxy) is 1. The fourth-order valence-electron chi connectivity index (χ4n) is 1.51. The van der Waals surface area contributed by atoms with E-state index in [1.807, 2.05) is 0 Å². The lowest BCUT2D eigenvalue weighted by Crippen LogP contribution is -2.13. The maximum absolute atomic E-state index is 12.2. The Morgan fingerprint density at radius 3 is 2.95 bits per heavy atom. The number of amides is 1. The maximum atomic E-state index is 12.2. The van der Waals surface area contributed by atoms with Gasteiger partial charge in [-0.3, -0.25) is 9.78 Å². The highest BCUT2D eigenvalue weighted by molar-refractivity contribution is 9.10. The van der Waals surface area contributed by atoms with Crippen molar-refractivity contribution in [2.75, 3.05) is 12.4 Å². The first kappa shape index (κ1) is 13.8. The normalized spacial score (nSPS) is 10.1. The zero-order valence-corrected chi connectivity index (χ0v) is 12.3.